The monoisotopic (exact) mass is 313 g/mol. The van der Waals surface area contributed by atoms with Gasteiger partial charge in [0.25, 0.3) is 0 Å². The lowest BCUT2D eigenvalue weighted by atomic mass is 10.4. The van der Waals surface area contributed by atoms with E-state index in [0.29, 0.717) is 0 Å². The Morgan fingerprint density at radius 2 is 2.19 bits per heavy atom. The molecule has 16 heavy (non-hydrogen) atoms. The maximum absolute atomic E-state index is 4.56. The summed E-state index contributed by atoms with van der Waals surface area (Å²) in [6.07, 6.45) is 1.02. The van der Waals surface area contributed by atoms with Crippen LogP contribution in [-0.2, 0) is 12.2 Å². The van der Waals surface area contributed by atoms with Crippen LogP contribution in [0.4, 0.5) is 0 Å². The molecule has 0 unspecified atom stereocenters. The van der Waals surface area contributed by atoms with Crippen molar-refractivity contribution in [2.45, 2.75) is 24.0 Å². The van der Waals surface area contributed by atoms with Crippen molar-refractivity contribution >= 4 is 39.0 Å². The van der Waals surface area contributed by atoms with E-state index < -0.39 is 0 Å². The lowest BCUT2D eigenvalue weighted by molar-refractivity contribution is 1.04. The average Bonchev–Trinajstić information content (AvgIpc) is 2.76. The smallest absolute Gasteiger partial charge is 0.103 e. The molecule has 0 aliphatic heterocycles. The molecule has 84 valence electrons. The molecule has 0 radical (unpaired) electrons. The van der Waals surface area contributed by atoms with Crippen LogP contribution in [-0.4, -0.2) is 4.98 Å². The van der Waals surface area contributed by atoms with Crippen molar-refractivity contribution in [2.75, 3.05) is 0 Å². The Kier molecular flexibility index (Phi) is 4.44. The molecular formula is C12H12BrNS2. The van der Waals surface area contributed by atoms with Gasteiger partial charge in [0, 0.05) is 14.7 Å². The molecule has 0 saturated carbocycles. The number of thiazole rings is 1. The van der Waals surface area contributed by atoms with E-state index >= 15 is 0 Å². The van der Waals surface area contributed by atoms with Crippen molar-refractivity contribution in [3.63, 3.8) is 0 Å². The molecule has 4 heteroatoms. The van der Waals surface area contributed by atoms with Crippen molar-refractivity contribution in [1.29, 1.82) is 0 Å². The zero-order valence-electron chi connectivity index (χ0n) is 8.94. The summed E-state index contributed by atoms with van der Waals surface area (Å²) in [5.41, 5.74) is 1.20. The zero-order valence-corrected chi connectivity index (χ0v) is 12.2. The number of hydrogen-bond donors (Lipinski definition) is 0. The third-order valence-electron chi connectivity index (χ3n) is 2.15. The molecule has 0 N–H and O–H groups in total. The fraction of sp³-hybridized carbons (Fsp3) is 0.250. The lowest BCUT2D eigenvalue weighted by Gasteiger charge is -2.01. The molecule has 1 heterocycles. The molecular weight excluding hydrogens is 302 g/mol. The topological polar surface area (TPSA) is 12.9 Å². The van der Waals surface area contributed by atoms with Crippen LogP contribution in [0.1, 0.15) is 17.6 Å². The predicted octanol–water partition coefficient (Wildman–Crippen LogP) is 4.76. The van der Waals surface area contributed by atoms with E-state index in [-0.39, 0.29) is 0 Å². The highest BCUT2D eigenvalue weighted by Crippen LogP contribution is 2.30. The van der Waals surface area contributed by atoms with Gasteiger partial charge in [-0.1, -0.05) is 19.1 Å². The summed E-state index contributed by atoms with van der Waals surface area (Å²) in [4.78, 5) is 5.83. The van der Waals surface area contributed by atoms with E-state index in [9.17, 15) is 0 Å². The summed E-state index contributed by atoms with van der Waals surface area (Å²) >= 11 is 7.13. The third-order valence-corrected chi connectivity index (χ3v) is 5.27. The average molecular weight is 314 g/mol. The number of aromatic nitrogens is 1. The van der Waals surface area contributed by atoms with E-state index in [4.69, 9.17) is 0 Å². The van der Waals surface area contributed by atoms with Gasteiger partial charge >= 0.3 is 0 Å². The molecule has 2 aromatic rings. The first kappa shape index (κ1) is 12.1. The van der Waals surface area contributed by atoms with Crippen LogP contribution in [0.2, 0.25) is 0 Å². The summed E-state index contributed by atoms with van der Waals surface area (Å²) in [7, 11) is 0. The summed E-state index contributed by atoms with van der Waals surface area (Å²) < 4.78 is 1.16. The number of nitrogens with zero attached hydrogens (tertiary/aromatic N) is 1. The number of hydrogen-bond acceptors (Lipinski definition) is 3. The van der Waals surface area contributed by atoms with Crippen molar-refractivity contribution < 1.29 is 0 Å². The van der Waals surface area contributed by atoms with Crippen LogP contribution in [0.15, 0.2) is 39.0 Å². The van der Waals surface area contributed by atoms with E-state index in [1.165, 1.54) is 15.6 Å². The van der Waals surface area contributed by atoms with Crippen LogP contribution in [0.25, 0.3) is 0 Å². The molecule has 0 saturated heterocycles. The quantitative estimate of drug-likeness (QED) is 0.755. The Balaban J connectivity index is 1.99. The standard InChI is InChI=1S/C12H12BrNS2/c1-2-9-7-16-12(14-9)8-15-11-6-4-3-5-10(11)13/h3-7H,2,8H2,1H3. The Morgan fingerprint density at radius 3 is 2.88 bits per heavy atom. The van der Waals surface area contributed by atoms with Gasteiger partial charge in [0.1, 0.15) is 5.01 Å². The van der Waals surface area contributed by atoms with Crippen molar-refractivity contribution in [3.05, 3.63) is 44.8 Å². The first-order chi connectivity index (χ1) is 7.79. The second kappa shape index (κ2) is 5.84. The van der Waals surface area contributed by atoms with Gasteiger partial charge in [-0.2, -0.15) is 0 Å². The van der Waals surface area contributed by atoms with Gasteiger partial charge in [-0.15, -0.1) is 23.1 Å². The minimum absolute atomic E-state index is 0.952. The Labute approximate surface area is 112 Å². The van der Waals surface area contributed by atoms with E-state index in [2.05, 4.69) is 51.4 Å². The largest absolute Gasteiger partial charge is 0.245 e. The number of benzene rings is 1. The Bertz CT molecular complexity index is 468. The number of aryl methyl sites for hydroxylation is 1. The molecule has 1 aromatic heterocycles. The molecule has 1 aromatic carbocycles. The third kappa shape index (κ3) is 3.09. The zero-order chi connectivity index (χ0) is 11.4. The van der Waals surface area contributed by atoms with Crippen molar-refractivity contribution in [3.8, 4) is 0 Å². The van der Waals surface area contributed by atoms with Gasteiger partial charge in [0.05, 0.1) is 11.4 Å². The number of rotatable bonds is 4. The SMILES string of the molecule is CCc1csc(CSc2ccccc2Br)n1. The van der Waals surface area contributed by atoms with Gasteiger partial charge in [0.2, 0.25) is 0 Å². The number of halogens is 1. The summed E-state index contributed by atoms with van der Waals surface area (Å²) in [6.45, 7) is 2.14. The molecule has 0 amide bonds. The fourth-order valence-corrected chi connectivity index (χ4v) is 3.74. The summed E-state index contributed by atoms with van der Waals surface area (Å²) in [5, 5.41) is 3.35. The van der Waals surface area contributed by atoms with Gasteiger partial charge < -0.3 is 0 Å². The Morgan fingerprint density at radius 1 is 1.38 bits per heavy atom. The van der Waals surface area contributed by atoms with Crippen LogP contribution < -0.4 is 0 Å². The second-order valence-electron chi connectivity index (χ2n) is 3.31. The molecule has 0 spiro atoms. The van der Waals surface area contributed by atoms with Gasteiger partial charge in [0.15, 0.2) is 0 Å². The Hall–Kier alpha value is -0.320. The summed E-state index contributed by atoms with van der Waals surface area (Å²) in [6, 6.07) is 8.30. The highest BCUT2D eigenvalue weighted by molar-refractivity contribution is 9.10. The summed E-state index contributed by atoms with van der Waals surface area (Å²) in [5.74, 6) is 0.952. The van der Waals surface area contributed by atoms with Crippen molar-refractivity contribution in [2.24, 2.45) is 0 Å². The van der Waals surface area contributed by atoms with Gasteiger partial charge in [-0.3, -0.25) is 0 Å². The molecule has 2 rings (SSSR count). The van der Waals surface area contributed by atoms with Gasteiger partial charge in [-0.05, 0) is 34.5 Å². The number of thioether (sulfide) groups is 1. The fourth-order valence-electron chi connectivity index (χ4n) is 1.28. The predicted molar refractivity (Wildman–Crippen MR) is 75.2 cm³/mol. The lowest BCUT2D eigenvalue weighted by Crippen LogP contribution is -1.83. The minimum Gasteiger partial charge on any atom is -0.245 e. The molecule has 0 bridgehead atoms. The van der Waals surface area contributed by atoms with E-state index in [1.807, 2.05) is 17.8 Å². The second-order valence-corrected chi connectivity index (χ2v) is 6.12. The maximum Gasteiger partial charge on any atom is 0.103 e. The normalized spacial score (nSPS) is 10.6. The van der Waals surface area contributed by atoms with Crippen LogP contribution in [0, 0.1) is 0 Å². The highest BCUT2D eigenvalue weighted by atomic mass is 79.9. The van der Waals surface area contributed by atoms with Gasteiger partial charge in [-0.25, -0.2) is 4.98 Å². The molecule has 0 fully saturated rings. The van der Waals surface area contributed by atoms with Crippen molar-refractivity contribution in [1.82, 2.24) is 4.98 Å². The van der Waals surface area contributed by atoms with Crippen LogP contribution in [0.5, 0.6) is 0 Å². The van der Waals surface area contributed by atoms with Crippen LogP contribution in [0.3, 0.4) is 0 Å². The maximum atomic E-state index is 4.56. The van der Waals surface area contributed by atoms with E-state index in [0.717, 1.165) is 16.6 Å². The molecule has 0 atom stereocenters. The molecule has 0 aliphatic carbocycles. The first-order valence-corrected chi connectivity index (χ1v) is 7.76. The first-order valence-electron chi connectivity index (χ1n) is 5.10. The van der Waals surface area contributed by atoms with Crippen LogP contribution >= 0.6 is 39.0 Å². The van der Waals surface area contributed by atoms with E-state index in [1.54, 1.807) is 11.3 Å². The molecule has 1 nitrogen and oxygen atoms in total. The molecule has 0 aliphatic rings. The highest BCUT2D eigenvalue weighted by Gasteiger charge is 2.03. The minimum atomic E-state index is 0.952.